The van der Waals surface area contributed by atoms with Crippen LogP contribution in [-0.4, -0.2) is 16.4 Å². The third-order valence-electron chi connectivity index (χ3n) is 2.74. The summed E-state index contributed by atoms with van der Waals surface area (Å²) in [6.45, 7) is 1.39. The van der Waals surface area contributed by atoms with E-state index in [2.05, 4.69) is 10.6 Å². The van der Waals surface area contributed by atoms with E-state index >= 15 is 0 Å². The number of amides is 2. The molecule has 0 radical (unpaired) electrons. The van der Waals surface area contributed by atoms with Crippen LogP contribution >= 0.6 is 23.2 Å². The molecule has 0 atom stereocenters. The zero-order valence-corrected chi connectivity index (χ0v) is 12.9. The molecule has 1 aromatic carbocycles. The van der Waals surface area contributed by atoms with Gasteiger partial charge in [-0.05, 0) is 24.3 Å². The highest BCUT2D eigenvalue weighted by atomic mass is 35.5. The molecular weight excluding hydrogens is 313 g/mol. The van der Waals surface area contributed by atoms with Gasteiger partial charge in [-0.25, -0.2) is 0 Å². The van der Waals surface area contributed by atoms with Crippen molar-refractivity contribution in [2.45, 2.75) is 6.92 Å². The van der Waals surface area contributed by atoms with Crippen molar-refractivity contribution in [3.8, 4) is 0 Å². The van der Waals surface area contributed by atoms with Crippen LogP contribution in [0.5, 0.6) is 0 Å². The summed E-state index contributed by atoms with van der Waals surface area (Å²) in [6, 6.07) is 6.41. The zero-order valence-electron chi connectivity index (χ0n) is 11.4. The molecule has 1 heterocycles. The van der Waals surface area contributed by atoms with E-state index in [1.807, 2.05) is 0 Å². The van der Waals surface area contributed by atoms with E-state index in [0.29, 0.717) is 27.1 Å². The summed E-state index contributed by atoms with van der Waals surface area (Å²) in [6.07, 6.45) is 1.64. The number of anilines is 2. The molecule has 110 valence electrons. The lowest BCUT2D eigenvalue weighted by Gasteiger charge is -2.09. The Morgan fingerprint density at radius 1 is 1.14 bits per heavy atom. The largest absolute Gasteiger partial charge is 0.345 e. The van der Waals surface area contributed by atoms with Gasteiger partial charge in [0.2, 0.25) is 5.91 Å². The Labute approximate surface area is 131 Å². The summed E-state index contributed by atoms with van der Waals surface area (Å²) < 4.78 is 1.63. The average Bonchev–Trinajstić information content (AvgIpc) is 2.71. The van der Waals surface area contributed by atoms with Crippen LogP contribution in [0.4, 0.5) is 11.4 Å². The molecule has 0 aliphatic carbocycles. The first kappa shape index (κ1) is 15.4. The van der Waals surface area contributed by atoms with Gasteiger partial charge >= 0.3 is 0 Å². The molecule has 0 unspecified atom stereocenters. The maximum absolute atomic E-state index is 12.1. The monoisotopic (exact) mass is 325 g/mol. The molecule has 7 heteroatoms. The number of halogens is 2. The smallest absolute Gasteiger partial charge is 0.272 e. The molecule has 5 nitrogen and oxygen atoms in total. The van der Waals surface area contributed by atoms with Gasteiger partial charge in [-0.2, -0.15) is 0 Å². The predicted octanol–water partition coefficient (Wildman–Crippen LogP) is 3.54. The standard InChI is InChI=1S/C14H13Cl2N3O2/c1-8(20)17-12-4-3-10(6-11(12)16)18-14(21)13-5-9(15)7-19(13)2/h3-7H,1-2H3,(H,17,20)(H,18,21). The van der Waals surface area contributed by atoms with Crippen LogP contribution in [0.2, 0.25) is 10.0 Å². The lowest BCUT2D eigenvalue weighted by Crippen LogP contribution is -2.15. The quantitative estimate of drug-likeness (QED) is 0.906. The molecule has 2 aromatic rings. The number of aryl methyl sites for hydroxylation is 1. The maximum Gasteiger partial charge on any atom is 0.272 e. The van der Waals surface area contributed by atoms with Crippen molar-refractivity contribution in [2.24, 2.45) is 7.05 Å². The number of aromatic nitrogens is 1. The normalized spacial score (nSPS) is 10.3. The van der Waals surface area contributed by atoms with E-state index in [-0.39, 0.29) is 11.8 Å². The van der Waals surface area contributed by atoms with Gasteiger partial charge in [-0.15, -0.1) is 0 Å². The Morgan fingerprint density at radius 3 is 2.38 bits per heavy atom. The fraction of sp³-hybridized carbons (Fsp3) is 0.143. The highest BCUT2D eigenvalue weighted by Crippen LogP contribution is 2.26. The van der Waals surface area contributed by atoms with E-state index in [9.17, 15) is 9.59 Å². The molecule has 0 saturated heterocycles. The Hall–Kier alpha value is -1.98. The molecule has 2 rings (SSSR count). The van der Waals surface area contributed by atoms with Crippen molar-refractivity contribution in [3.05, 3.63) is 46.2 Å². The fourth-order valence-corrected chi connectivity index (χ4v) is 2.31. The molecule has 2 N–H and O–H groups in total. The molecule has 0 bridgehead atoms. The third-order valence-corrected chi connectivity index (χ3v) is 3.26. The second-order valence-corrected chi connectivity index (χ2v) is 5.33. The van der Waals surface area contributed by atoms with Crippen molar-refractivity contribution in [1.82, 2.24) is 4.57 Å². The van der Waals surface area contributed by atoms with Crippen LogP contribution in [0, 0.1) is 0 Å². The zero-order chi connectivity index (χ0) is 15.6. The number of hydrogen-bond acceptors (Lipinski definition) is 2. The second kappa shape index (κ2) is 6.20. The molecule has 0 fully saturated rings. The lowest BCUT2D eigenvalue weighted by atomic mass is 10.2. The number of nitrogens with one attached hydrogen (secondary N) is 2. The number of nitrogens with zero attached hydrogens (tertiary/aromatic N) is 1. The average molecular weight is 326 g/mol. The summed E-state index contributed by atoms with van der Waals surface area (Å²) in [4.78, 5) is 23.1. The van der Waals surface area contributed by atoms with E-state index in [0.717, 1.165) is 0 Å². The summed E-state index contributed by atoms with van der Waals surface area (Å²) in [7, 11) is 1.73. The minimum Gasteiger partial charge on any atom is -0.345 e. The van der Waals surface area contributed by atoms with Crippen molar-refractivity contribution in [2.75, 3.05) is 10.6 Å². The van der Waals surface area contributed by atoms with Crippen LogP contribution in [0.3, 0.4) is 0 Å². The Balaban J connectivity index is 2.16. The van der Waals surface area contributed by atoms with Crippen molar-refractivity contribution in [1.29, 1.82) is 0 Å². The van der Waals surface area contributed by atoms with Gasteiger partial charge < -0.3 is 15.2 Å². The highest BCUT2D eigenvalue weighted by molar-refractivity contribution is 6.34. The lowest BCUT2D eigenvalue weighted by molar-refractivity contribution is -0.114. The summed E-state index contributed by atoms with van der Waals surface area (Å²) in [5.41, 5.74) is 1.45. The van der Waals surface area contributed by atoms with Crippen molar-refractivity contribution < 1.29 is 9.59 Å². The number of rotatable bonds is 3. The summed E-state index contributed by atoms with van der Waals surface area (Å²) in [5.74, 6) is -0.514. The predicted molar refractivity (Wildman–Crippen MR) is 84.1 cm³/mol. The number of carbonyl (C=O) groups is 2. The Morgan fingerprint density at radius 2 is 1.86 bits per heavy atom. The van der Waals surface area contributed by atoms with Gasteiger partial charge in [0.15, 0.2) is 0 Å². The fourth-order valence-electron chi connectivity index (χ4n) is 1.83. The second-order valence-electron chi connectivity index (χ2n) is 4.48. The molecule has 0 spiro atoms. The molecule has 0 aliphatic heterocycles. The number of carbonyl (C=O) groups excluding carboxylic acids is 2. The van der Waals surface area contributed by atoms with Gasteiger partial charge in [0.05, 0.1) is 15.7 Å². The van der Waals surface area contributed by atoms with Crippen LogP contribution in [0.1, 0.15) is 17.4 Å². The molecular formula is C14H13Cl2N3O2. The minimum absolute atomic E-state index is 0.216. The molecule has 1 aromatic heterocycles. The van der Waals surface area contributed by atoms with Crippen LogP contribution in [0.15, 0.2) is 30.5 Å². The van der Waals surface area contributed by atoms with E-state index < -0.39 is 0 Å². The van der Waals surface area contributed by atoms with Crippen LogP contribution in [-0.2, 0) is 11.8 Å². The Kier molecular flexibility index (Phi) is 4.55. The molecule has 2 amide bonds. The SMILES string of the molecule is CC(=O)Nc1ccc(NC(=O)c2cc(Cl)cn2C)cc1Cl. The number of benzene rings is 1. The van der Waals surface area contributed by atoms with Gasteiger partial charge in [0.25, 0.3) is 5.91 Å². The minimum atomic E-state index is -0.298. The third kappa shape index (κ3) is 3.77. The summed E-state index contributed by atoms with van der Waals surface area (Å²) in [5, 5.41) is 6.14. The van der Waals surface area contributed by atoms with Gasteiger partial charge in [-0.1, -0.05) is 23.2 Å². The Bertz CT molecular complexity index is 710. The van der Waals surface area contributed by atoms with E-state index in [1.165, 1.54) is 6.92 Å². The summed E-state index contributed by atoms with van der Waals surface area (Å²) >= 11 is 11.9. The first-order valence-corrected chi connectivity index (χ1v) is 6.83. The van der Waals surface area contributed by atoms with E-state index in [1.54, 1.807) is 42.1 Å². The van der Waals surface area contributed by atoms with Crippen LogP contribution < -0.4 is 10.6 Å². The number of hydrogen-bond donors (Lipinski definition) is 2. The first-order valence-electron chi connectivity index (χ1n) is 6.07. The molecule has 21 heavy (non-hydrogen) atoms. The van der Waals surface area contributed by atoms with Crippen molar-refractivity contribution in [3.63, 3.8) is 0 Å². The van der Waals surface area contributed by atoms with Crippen LogP contribution in [0.25, 0.3) is 0 Å². The topological polar surface area (TPSA) is 63.1 Å². The molecule has 0 aliphatic rings. The highest BCUT2D eigenvalue weighted by Gasteiger charge is 2.12. The van der Waals surface area contributed by atoms with Gasteiger partial charge in [-0.3, -0.25) is 9.59 Å². The maximum atomic E-state index is 12.1. The van der Waals surface area contributed by atoms with E-state index in [4.69, 9.17) is 23.2 Å². The van der Waals surface area contributed by atoms with Gasteiger partial charge in [0, 0.05) is 25.9 Å². The van der Waals surface area contributed by atoms with Crippen molar-refractivity contribution >= 4 is 46.4 Å². The van der Waals surface area contributed by atoms with Gasteiger partial charge in [0.1, 0.15) is 5.69 Å². The first-order chi connectivity index (χ1) is 9.86. The molecule has 0 saturated carbocycles.